The predicted molar refractivity (Wildman–Crippen MR) is 193 cm³/mol. The molecule has 0 radical (unpaired) electrons. The maximum atomic E-state index is 10.7. The van der Waals surface area contributed by atoms with Gasteiger partial charge in [0.05, 0.1) is 0 Å². The molecule has 260 valence electrons. The molecule has 0 bridgehead atoms. The lowest BCUT2D eigenvalue weighted by Crippen LogP contribution is -1.97. The normalized spacial score (nSPS) is 11.0. The maximum Gasteiger partial charge on any atom is 0.169 e. The molecule has 0 aromatic heterocycles. The Morgan fingerprint density at radius 2 is 0.647 bits per heavy atom. The van der Waals surface area contributed by atoms with Crippen LogP contribution in [0.5, 0.6) is 63.2 Å². The fourth-order valence-corrected chi connectivity index (χ4v) is 5.74. The zero-order chi connectivity index (χ0) is 35.9. The predicted octanol–water partition coefficient (Wildman–Crippen LogP) is 8.57. The quantitative estimate of drug-likeness (QED) is 0.0631. The van der Waals surface area contributed by atoms with Crippen LogP contribution in [0, 0.1) is 0 Å². The molecule has 0 atom stereocenters. The molecular formula is C42H38O9. The van der Waals surface area contributed by atoms with Crippen LogP contribution in [-0.2, 0) is 38.5 Å². The highest BCUT2D eigenvalue weighted by atomic mass is 16.5. The van der Waals surface area contributed by atoms with Gasteiger partial charge in [-0.15, -0.1) is 0 Å². The van der Waals surface area contributed by atoms with Crippen LogP contribution < -0.4 is 9.47 Å². The zero-order valence-corrected chi connectivity index (χ0v) is 27.7. The Kier molecular flexibility index (Phi) is 10.4. The average molecular weight is 687 g/mol. The summed E-state index contributed by atoms with van der Waals surface area (Å²) >= 11 is 0. The monoisotopic (exact) mass is 686 g/mol. The van der Waals surface area contributed by atoms with Gasteiger partial charge in [-0.05, 0) is 133 Å². The van der Waals surface area contributed by atoms with Crippen LogP contribution in [0.1, 0.15) is 33.4 Å². The first-order chi connectivity index (χ1) is 24.6. The average Bonchev–Trinajstić information content (AvgIpc) is 3.11. The molecule has 0 saturated heterocycles. The van der Waals surface area contributed by atoms with Crippen LogP contribution in [0.15, 0.2) is 115 Å². The molecule has 9 nitrogen and oxygen atoms in total. The van der Waals surface area contributed by atoms with E-state index < -0.39 is 0 Å². The van der Waals surface area contributed by atoms with Crippen LogP contribution >= 0.6 is 0 Å². The minimum absolute atomic E-state index is 0.0747. The second-order valence-electron chi connectivity index (χ2n) is 12.4. The Bertz CT molecular complexity index is 1980. The zero-order valence-electron chi connectivity index (χ0n) is 27.7. The molecule has 0 saturated carbocycles. The lowest BCUT2D eigenvalue weighted by Gasteiger charge is -2.16. The summed E-state index contributed by atoms with van der Waals surface area (Å²) in [6.07, 6.45) is 3.26. The number of ether oxygens (including phenoxy) is 2. The van der Waals surface area contributed by atoms with Crippen molar-refractivity contribution < 1.29 is 45.2 Å². The number of hydrogen-bond donors (Lipinski definition) is 7. The summed E-state index contributed by atoms with van der Waals surface area (Å²) in [6.45, 7) is 0. The van der Waals surface area contributed by atoms with Gasteiger partial charge in [0.2, 0.25) is 0 Å². The van der Waals surface area contributed by atoms with E-state index >= 15 is 0 Å². The minimum Gasteiger partial charge on any atom is -0.508 e. The third-order valence-electron chi connectivity index (χ3n) is 8.59. The molecule has 0 aliphatic heterocycles. The van der Waals surface area contributed by atoms with E-state index in [-0.39, 0.29) is 51.7 Å². The molecule has 0 aliphatic carbocycles. The number of aromatic hydroxyl groups is 7. The molecule has 0 amide bonds. The third kappa shape index (κ3) is 9.16. The van der Waals surface area contributed by atoms with Crippen LogP contribution in [0.3, 0.4) is 0 Å². The van der Waals surface area contributed by atoms with Gasteiger partial charge in [0.1, 0.15) is 40.2 Å². The molecule has 0 unspecified atom stereocenters. The van der Waals surface area contributed by atoms with Crippen LogP contribution in [0.4, 0.5) is 0 Å². The fraction of sp³-hybridized carbons (Fsp3) is 0.143. The summed E-state index contributed by atoms with van der Waals surface area (Å²) in [7, 11) is 0. The van der Waals surface area contributed by atoms with Crippen molar-refractivity contribution in [3.63, 3.8) is 0 Å². The van der Waals surface area contributed by atoms with E-state index in [4.69, 9.17) is 9.47 Å². The molecule has 6 aromatic carbocycles. The summed E-state index contributed by atoms with van der Waals surface area (Å²) in [5, 5.41) is 71.5. The van der Waals surface area contributed by atoms with Gasteiger partial charge in [0.25, 0.3) is 0 Å². The summed E-state index contributed by atoms with van der Waals surface area (Å²) in [5.74, 6) is 0.775. The van der Waals surface area contributed by atoms with E-state index in [9.17, 15) is 35.7 Å². The van der Waals surface area contributed by atoms with Crippen molar-refractivity contribution in [2.75, 3.05) is 0 Å². The minimum atomic E-state index is -0.257. The van der Waals surface area contributed by atoms with Gasteiger partial charge in [0.15, 0.2) is 23.0 Å². The number of rotatable bonds is 13. The van der Waals surface area contributed by atoms with Crippen molar-refractivity contribution in [3.8, 4) is 63.2 Å². The number of aryl methyl sites for hydroxylation is 6. The Morgan fingerprint density at radius 3 is 1.02 bits per heavy atom. The highest BCUT2D eigenvalue weighted by Gasteiger charge is 2.16. The number of hydrogen-bond acceptors (Lipinski definition) is 9. The van der Waals surface area contributed by atoms with Gasteiger partial charge in [-0.1, -0.05) is 36.4 Å². The molecule has 0 aliphatic rings. The van der Waals surface area contributed by atoms with Crippen molar-refractivity contribution in [2.24, 2.45) is 0 Å². The molecule has 6 aromatic rings. The van der Waals surface area contributed by atoms with Gasteiger partial charge in [0, 0.05) is 18.2 Å². The van der Waals surface area contributed by atoms with E-state index in [1.807, 2.05) is 24.3 Å². The largest absolute Gasteiger partial charge is 0.508 e. The lowest BCUT2D eigenvalue weighted by molar-refractivity contribution is 0.392. The number of phenols is 7. The van der Waals surface area contributed by atoms with Gasteiger partial charge >= 0.3 is 0 Å². The Morgan fingerprint density at radius 1 is 0.314 bits per heavy atom. The van der Waals surface area contributed by atoms with E-state index in [2.05, 4.69) is 0 Å². The summed E-state index contributed by atoms with van der Waals surface area (Å²) < 4.78 is 12.4. The van der Waals surface area contributed by atoms with E-state index in [1.165, 1.54) is 12.1 Å². The Balaban J connectivity index is 1.26. The maximum absolute atomic E-state index is 10.7. The topological polar surface area (TPSA) is 160 Å². The van der Waals surface area contributed by atoms with Crippen LogP contribution in [-0.4, -0.2) is 35.7 Å². The van der Waals surface area contributed by atoms with Gasteiger partial charge < -0.3 is 45.2 Å². The first kappa shape index (κ1) is 34.4. The smallest absolute Gasteiger partial charge is 0.169 e. The number of phenolic OH excluding ortho intramolecular Hbond substituents is 7. The summed E-state index contributed by atoms with van der Waals surface area (Å²) in [5.41, 5.74) is 4.88. The molecule has 0 heterocycles. The van der Waals surface area contributed by atoms with Gasteiger partial charge in [-0.3, -0.25) is 0 Å². The van der Waals surface area contributed by atoms with Crippen molar-refractivity contribution in [1.82, 2.24) is 0 Å². The molecule has 0 fully saturated rings. The Labute approximate surface area is 295 Å². The van der Waals surface area contributed by atoms with Gasteiger partial charge in [-0.2, -0.15) is 0 Å². The van der Waals surface area contributed by atoms with Crippen molar-refractivity contribution in [1.29, 1.82) is 0 Å². The second kappa shape index (κ2) is 15.4. The van der Waals surface area contributed by atoms with Crippen molar-refractivity contribution in [2.45, 2.75) is 38.5 Å². The second-order valence-corrected chi connectivity index (χ2v) is 12.4. The molecule has 7 N–H and O–H groups in total. The van der Waals surface area contributed by atoms with Crippen LogP contribution in [0.2, 0.25) is 0 Å². The van der Waals surface area contributed by atoms with Crippen molar-refractivity contribution in [3.05, 3.63) is 149 Å². The molecule has 0 spiro atoms. The summed E-state index contributed by atoms with van der Waals surface area (Å²) in [4.78, 5) is 0. The third-order valence-corrected chi connectivity index (χ3v) is 8.59. The fourth-order valence-electron chi connectivity index (χ4n) is 5.74. The number of benzene rings is 6. The van der Waals surface area contributed by atoms with E-state index in [1.54, 1.807) is 78.9 Å². The lowest BCUT2D eigenvalue weighted by atomic mass is 10.0. The van der Waals surface area contributed by atoms with E-state index in [0.717, 1.165) is 22.3 Å². The molecule has 51 heavy (non-hydrogen) atoms. The molecular weight excluding hydrogens is 648 g/mol. The van der Waals surface area contributed by atoms with Crippen molar-refractivity contribution >= 4 is 0 Å². The van der Waals surface area contributed by atoms with E-state index in [0.29, 0.717) is 61.2 Å². The van der Waals surface area contributed by atoms with Crippen LogP contribution in [0.25, 0.3) is 0 Å². The summed E-state index contributed by atoms with van der Waals surface area (Å²) in [6, 6.07) is 31.5. The Hall–Kier alpha value is -6.48. The standard InChI is InChI=1S/C42H38O9/c43-32-13-5-26(6-14-32)1-2-29-19-35(50-41-21-30(37(46)24-39(41)48)11-3-27-7-15-33(44)16-8-27)23-36(20-29)51-42-22-31(38(47)25-40(42)49)12-4-28-9-17-34(45)18-10-28/h5-10,13-25,43-49H,1-4,11-12H2. The highest BCUT2D eigenvalue weighted by molar-refractivity contribution is 5.54. The molecule has 9 heteroatoms. The molecule has 6 rings (SSSR count). The van der Waals surface area contributed by atoms with Gasteiger partial charge in [-0.25, -0.2) is 0 Å². The first-order valence-electron chi connectivity index (χ1n) is 16.5. The SMILES string of the molecule is Oc1ccc(CCc2cc(Oc3cc(CCc4ccc(O)cc4)c(O)cc3O)cc(Oc3cc(CCc4ccc(O)cc4)c(O)cc3O)c2)cc1. The highest BCUT2D eigenvalue weighted by Crippen LogP contribution is 2.41. The first-order valence-corrected chi connectivity index (χ1v) is 16.5.